The molecule has 19 heavy (non-hydrogen) atoms. The first kappa shape index (κ1) is 13.2. The summed E-state index contributed by atoms with van der Waals surface area (Å²) in [5, 5.41) is 5.67. The lowest BCUT2D eigenvalue weighted by atomic mass is 10.2. The standard InChI is InChI=1S/C13H18N4O2/c1-11(9-12-3-2-8-19-12)16-13(18)15-5-7-17-6-4-14-10-17/h2-4,6,8,10-11H,5,7,9H2,1H3,(H2,15,16,18)/t11-/m1/s1. The molecule has 2 N–H and O–H groups in total. The zero-order valence-electron chi connectivity index (χ0n) is 10.9. The second-order valence-corrected chi connectivity index (χ2v) is 4.39. The number of nitrogens with zero attached hydrogens (tertiary/aromatic N) is 2. The Morgan fingerprint density at radius 3 is 3.16 bits per heavy atom. The summed E-state index contributed by atoms with van der Waals surface area (Å²) in [7, 11) is 0. The van der Waals surface area contributed by atoms with Crippen molar-refractivity contribution < 1.29 is 9.21 Å². The van der Waals surface area contributed by atoms with E-state index in [-0.39, 0.29) is 12.1 Å². The molecule has 0 aromatic carbocycles. The number of amides is 2. The Labute approximate surface area is 111 Å². The molecule has 2 aromatic rings. The van der Waals surface area contributed by atoms with Crippen LogP contribution in [0.4, 0.5) is 4.79 Å². The van der Waals surface area contributed by atoms with E-state index >= 15 is 0 Å². The lowest BCUT2D eigenvalue weighted by Gasteiger charge is -2.13. The van der Waals surface area contributed by atoms with Gasteiger partial charge in [0.05, 0.1) is 12.6 Å². The van der Waals surface area contributed by atoms with Gasteiger partial charge in [-0.25, -0.2) is 9.78 Å². The van der Waals surface area contributed by atoms with E-state index in [1.807, 2.05) is 29.8 Å². The van der Waals surface area contributed by atoms with Crippen molar-refractivity contribution in [2.45, 2.75) is 25.9 Å². The summed E-state index contributed by atoms with van der Waals surface area (Å²) in [5.74, 6) is 0.867. The smallest absolute Gasteiger partial charge is 0.315 e. The number of rotatable bonds is 6. The summed E-state index contributed by atoms with van der Waals surface area (Å²) in [5.41, 5.74) is 0. The van der Waals surface area contributed by atoms with Gasteiger partial charge in [0.2, 0.25) is 0 Å². The SMILES string of the molecule is C[C@H](Cc1ccco1)NC(=O)NCCn1ccnc1. The molecule has 1 atom stereocenters. The van der Waals surface area contributed by atoms with Crippen LogP contribution >= 0.6 is 0 Å². The van der Waals surface area contributed by atoms with Crippen LogP contribution in [0.15, 0.2) is 41.5 Å². The maximum absolute atomic E-state index is 11.6. The maximum atomic E-state index is 11.6. The number of carbonyl (C=O) groups excluding carboxylic acids is 1. The van der Waals surface area contributed by atoms with Gasteiger partial charge in [-0.2, -0.15) is 0 Å². The number of imidazole rings is 1. The van der Waals surface area contributed by atoms with E-state index in [1.165, 1.54) is 0 Å². The van der Waals surface area contributed by atoms with Crippen molar-refractivity contribution in [3.8, 4) is 0 Å². The van der Waals surface area contributed by atoms with Crippen LogP contribution in [0.3, 0.4) is 0 Å². The topological polar surface area (TPSA) is 72.1 Å². The monoisotopic (exact) mass is 262 g/mol. The Balaban J connectivity index is 1.63. The zero-order valence-corrected chi connectivity index (χ0v) is 10.9. The van der Waals surface area contributed by atoms with Crippen LogP contribution in [0, 0.1) is 0 Å². The Kier molecular flexibility index (Phi) is 4.60. The van der Waals surface area contributed by atoms with Gasteiger partial charge >= 0.3 is 6.03 Å². The number of nitrogens with one attached hydrogen (secondary N) is 2. The quantitative estimate of drug-likeness (QED) is 0.826. The number of hydrogen-bond acceptors (Lipinski definition) is 3. The van der Waals surface area contributed by atoms with Crippen LogP contribution in [0.25, 0.3) is 0 Å². The predicted octanol–water partition coefficient (Wildman–Crippen LogP) is 1.41. The Morgan fingerprint density at radius 1 is 1.58 bits per heavy atom. The van der Waals surface area contributed by atoms with Crippen LogP contribution in [-0.4, -0.2) is 28.2 Å². The van der Waals surface area contributed by atoms with Crippen LogP contribution in [-0.2, 0) is 13.0 Å². The maximum Gasteiger partial charge on any atom is 0.315 e. The van der Waals surface area contributed by atoms with E-state index in [9.17, 15) is 4.79 Å². The van der Waals surface area contributed by atoms with Crippen LogP contribution in [0.5, 0.6) is 0 Å². The molecule has 102 valence electrons. The minimum absolute atomic E-state index is 0.0272. The van der Waals surface area contributed by atoms with Crippen LogP contribution in [0.2, 0.25) is 0 Å². The van der Waals surface area contributed by atoms with E-state index in [4.69, 9.17) is 4.42 Å². The van der Waals surface area contributed by atoms with Gasteiger partial charge in [0.25, 0.3) is 0 Å². The summed E-state index contributed by atoms with van der Waals surface area (Å²) in [6.07, 6.45) is 7.61. The lowest BCUT2D eigenvalue weighted by molar-refractivity contribution is 0.237. The molecule has 0 saturated carbocycles. The molecule has 0 aliphatic carbocycles. The molecule has 0 unspecified atom stereocenters. The molecule has 2 rings (SSSR count). The van der Waals surface area contributed by atoms with Gasteiger partial charge in [0.1, 0.15) is 5.76 Å². The molecule has 6 nitrogen and oxygen atoms in total. The molecule has 0 radical (unpaired) electrons. The van der Waals surface area contributed by atoms with Crippen LogP contribution < -0.4 is 10.6 Å². The molecule has 2 amide bonds. The van der Waals surface area contributed by atoms with E-state index in [0.717, 1.165) is 5.76 Å². The van der Waals surface area contributed by atoms with Gasteiger partial charge in [-0.15, -0.1) is 0 Å². The average Bonchev–Trinajstić information content (AvgIpc) is 3.01. The third-order valence-corrected chi connectivity index (χ3v) is 2.68. The molecule has 0 saturated heterocycles. The molecule has 2 aromatic heterocycles. The molecule has 0 aliphatic heterocycles. The zero-order chi connectivity index (χ0) is 13.5. The average molecular weight is 262 g/mol. The molecule has 0 fully saturated rings. The summed E-state index contributed by atoms with van der Waals surface area (Å²) in [4.78, 5) is 15.6. The van der Waals surface area contributed by atoms with Gasteiger partial charge in [-0.3, -0.25) is 0 Å². The Morgan fingerprint density at radius 2 is 2.47 bits per heavy atom. The summed E-state index contributed by atoms with van der Waals surface area (Å²) in [6.45, 7) is 3.22. The predicted molar refractivity (Wildman–Crippen MR) is 70.6 cm³/mol. The fraction of sp³-hybridized carbons (Fsp3) is 0.385. The highest BCUT2D eigenvalue weighted by Gasteiger charge is 2.08. The summed E-state index contributed by atoms with van der Waals surface area (Å²) in [6, 6.07) is 3.60. The first-order chi connectivity index (χ1) is 9.24. The van der Waals surface area contributed by atoms with Gasteiger partial charge in [-0.1, -0.05) is 0 Å². The Bertz CT molecular complexity index is 479. The lowest BCUT2D eigenvalue weighted by Crippen LogP contribution is -2.42. The minimum atomic E-state index is -0.167. The van der Waals surface area contributed by atoms with Crippen molar-refractivity contribution in [3.05, 3.63) is 42.9 Å². The second kappa shape index (κ2) is 6.63. The fourth-order valence-electron chi connectivity index (χ4n) is 1.77. The van der Waals surface area contributed by atoms with Gasteiger partial charge < -0.3 is 19.6 Å². The summed E-state index contributed by atoms with van der Waals surface area (Å²) < 4.78 is 7.14. The highest BCUT2D eigenvalue weighted by Crippen LogP contribution is 2.03. The fourth-order valence-corrected chi connectivity index (χ4v) is 1.77. The molecule has 0 spiro atoms. The molecule has 2 heterocycles. The van der Waals surface area contributed by atoms with E-state index in [0.29, 0.717) is 19.5 Å². The largest absolute Gasteiger partial charge is 0.469 e. The number of urea groups is 1. The Hall–Kier alpha value is -2.24. The highest BCUT2D eigenvalue weighted by molar-refractivity contribution is 5.74. The molecular formula is C13H18N4O2. The minimum Gasteiger partial charge on any atom is -0.469 e. The molecular weight excluding hydrogens is 244 g/mol. The van der Waals surface area contributed by atoms with Crippen molar-refractivity contribution in [3.63, 3.8) is 0 Å². The first-order valence-corrected chi connectivity index (χ1v) is 6.26. The van der Waals surface area contributed by atoms with Gasteiger partial charge in [0, 0.05) is 37.9 Å². The molecule has 6 heteroatoms. The number of furan rings is 1. The van der Waals surface area contributed by atoms with Crippen molar-refractivity contribution in [1.82, 2.24) is 20.2 Å². The molecule has 0 aliphatic rings. The van der Waals surface area contributed by atoms with E-state index in [1.54, 1.807) is 18.8 Å². The van der Waals surface area contributed by atoms with Gasteiger partial charge in [0.15, 0.2) is 0 Å². The van der Waals surface area contributed by atoms with E-state index < -0.39 is 0 Å². The third-order valence-electron chi connectivity index (χ3n) is 2.68. The van der Waals surface area contributed by atoms with Crippen molar-refractivity contribution >= 4 is 6.03 Å². The van der Waals surface area contributed by atoms with Crippen molar-refractivity contribution in [1.29, 1.82) is 0 Å². The summed E-state index contributed by atoms with van der Waals surface area (Å²) >= 11 is 0. The van der Waals surface area contributed by atoms with Crippen LogP contribution in [0.1, 0.15) is 12.7 Å². The highest BCUT2D eigenvalue weighted by atomic mass is 16.3. The number of hydrogen-bond donors (Lipinski definition) is 2. The molecule has 0 bridgehead atoms. The number of carbonyl (C=O) groups is 1. The second-order valence-electron chi connectivity index (χ2n) is 4.39. The van der Waals surface area contributed by atoms with Crippen molar-refractivity contribution in [2.75, 3.05) is 6.54 Å². The van der Waals surface area contributed by atoms with E-state index in [2.05, 4.69) is 15.6 Å². The normalized spacial score (nSPS) is 12.1. The first-order valence-electron chi connectivity index (χ1n) is 6.26. The van der Waals surface area contributed by atoms with Crippen molar-refractivity contribution in [2.24, 2.45) is 0 Å². The van der Waals surface area contributed by atoms with Gasteiger partial charge in [-0.05, 0) is 19.1 Å². The number of aromatic nitrogens is 2. The third kappa shape index (κ3) is 4.50.